The standard InChI is InChI=1S/C19H13ClFN5S/c1-9-24-25-15-8-23-18(17-12(20)3-2-4-13(17)21)16-11-5-10(7-22)6-14(11)27-19(16)26(9)15/h2-4,10H,5-6,8H2,1H3/t10-/m1/s1. The Morgan fingerprint density at radius 1 is 1.30 bits per heavy atom. The van der Waals surface area contributed by atoms with E-state index in [1.165, 1.54) is 6.07 Å². The Balaban J connectivity index is 1.82. The number of aromatic nitrogens is 3. The van der Waals surface area contributed by atoms with Gasteiger partial charge in [0, 0.05) is 10.4 Å². The van der Waals surface area contributed by atoms with Gasteiger partial charge < -0.3 is 0 Å². The van der Waals surface area contributed by atoms with Crippen molar-refractivity contribution in [2.45, 2.75) is 26.3 Å². The second-order valence-corrected chi connectivity index (χ2v) is 8.17. The van der Waals surface area contributed by atoms with Gasteiger partial charge in [-0.15, -0.1) is 21.5 Å². The highest BCUT2D eigenvalue weighted by atomic mass is 35.5. The Morgan fingerprint density at radius 2 is 2.15 bits per heavy atom. The topological polar surface area (TPSA) is 66.9 Å². The number of hydrogen-bond donors (Lipinski definition) is 0. The summed E-state index contributed by atoms with van der Waals surface area (Å²) >= 11 is 7.98. The van der Waals surface area contributed by atoms with Crippen molar-refractivity contribution in [2.24, 2.45) is 10.9 Å². The van der Waals surface area contributed by atoms with Gasteiger partial charge in [-0.1, -0.05) is 17.7 Å². The molecule has 0 amide bonds. The largest absolute Gasteiger partial charge is 0.276 e. The number of nitrogens with zero attached hydrogens (tertiary/aromatic N) is 5. The molecule has 0 N–H and O–H groups in total. The number of benzene rings is 1. The third-order valence-corrected chi connectivity index (χ3v) is 6.60. The molecular formula is C19H13ClFN5S. The lowest BCUT2D eigenvalue weighted by Gasteiger charge is -2.12. The van der Waals surface area contributed by atoms with E-state index in [4.69, 9.17) is 16.6 Å². The Kier molecular flexibility index (Phi) is 3.67. The summed E-state index contributed by atoms with van der Waals surface area (Å²) in [6, 6.07) is 7.01. The zero-order valence-electron chi connectivity index (χ0n) is 14.3. The highest BCUT2D eigenvalue weighted by molar-refractivity contribution is 7.15. The third kappa shape index (κ3) is 2.37. The molecule has 27 heavy (non-hydrogen) atoms. The molecule has 8 heteroatoms. The molecule has 0 unspecified atom stereocenters. The maximum absolute atomic E-state index is 14.7. The summed E-state index contributed by atoms with van der Waals surface area (Å²) in [7, 11) is 0. The Labute approximate surface area is 163 Å². The van der Waals surface area contributed by atoms with E-state index in [-0.39, 0.29) is 5.92 Å². The van der Waals surface area contributed by atoms with Crippen LogP contribution in [0.5, 0.6) is 0 Å². The van der Waals surface area contributed by atoms with Crippen LogP contribution in [0.2, 0.25) is 5.02 Å². The van der Waals surface area contributed by atoms with Crippen molar-refractivity contribution >= 4 is 28.6 Å². The Hall–Kier alpha value is -2.56. The van der Waals surface area contributed by atoms with Crippen LogP contribution in [0.3, 0.4) is 0 Å². The molecular weight excluding hydrogens is 385 g/mol. The highest BCUT2D eigenvalue weighted by Crippen LogP contribution is 2.43. The van der Waals surface area contributed by atoms with Gasteiger partial charge in [0.1, 0.15) is 23.2 Å². The molecule has 134 valence electrons. The molecule has 1 atom stereocenters. The van der Waals surface area contributed by atoms with Crippen LogP contribution in [0.4, 0.5) is 4.39 Å². The molecule has 0 saturated heterocycles. The first-order chi connectivity index (χ1) is 13.1. The summed E-state index contributed by atoms with van der Waals surface area (Å²) in [6.07, 6.45) is 1.34. The van der Waals surface area contributed by atoms with Gasteiger partial charge in [0.2, 0.25) is 0 Å². The van der Waals surface area contributed by atoms with Crippen LogP contribution in [-0.2, 0) is 19.4 Å². The summed E-state index contributed by atoms with van der Waals surface area (Å²) in [5.74, 6) is 1.02. The van der Waals surface area contributed by atoms with Crippen molar-refractivity contribution in [3.63, 3.8) is 0 Å². The summed E-state index contributed by atoms with van der Waals surface area (Å²) in [5.41, 5.74) is 2.77. The Bertz CT molecular complexity index is 1150. The molecule has 0 bridgehead atoms. The molecule has 0 spiro atoms. The van der Waals surface area contributed by atoms with Crippen molar-refractivity contribution < 1.29 is 4.39 Å². The van der Waals surface area contributed by atoms with Crippen molar-refractivity contribution in [3.05, 3.63) is 62.3 Å². The minimum atomic E-state index is -0.406. The number of rotatable bonds is 1. The van der Waals surface area contributed by atoms with Crippen LogP contribution in [-0.4, -0.2) is 20.5 Å². The van der Waals surface area contributed by atoms with E-state index in [1.54, 1.807) is 23.5 Å². The van der Waals surface area contributed by atoms with Crippen LogP contribution >= 0.6 is 22.9 Å². The summed E-state index contributed by atoms with van der Waals surface area (Å²) < 4.78 is 16.7. The molecule has 2 aromatic heterocycles. The normalized spacial score (nSPS) is 17.6. The number of aryl methyl sites for hydroxylation is 1. The SMILES string of the molecule is Cc1nnc2n1-c1sc3c(c1C(c1c(F)cccc1Cl)=NC2)C[C@@H](C#N)C3. The molecule has 1 aliphatic carbocycles. The van der Waals surface area contributed by atoms with Gasteiger partial charge in [-0.25, -0.2) is 4.39 Å². The average Bonchev–Trinajstić information content (AvgIpc) is 3.27. The molecule has 0 fully saturated rings. The van der Waals surface area contributed by atoms with Gasteiger partial charge in [-0.3, -0.25) is 9.56 Å². The van der Waals surface area contributed by atoms with E-state index >= 15 is 0 Å². The Morgan fingerprint density at radius 3 is 2.93 bits per heavy atom. The third-order valence-electron chi connectivity index (χ3n) is 5.05. The molecule has 5 rings (SSSR count). The van der Waals surface area contributed by atoms with E-state index in [0.29, 0.717) is 41.5 Å². The smallest absolute Gasteiger partial charge is 0.160 e. The minimum absolute atomic E-state index is 0.0568. The zero-order valence-corrected chi connectivity index (χ0v) is 15.9. The van der Waals surface area contributed by atoms with E-state index in [1.807, 2.05) is 11.5 Å². The van der Waals surface area contributed by atoms with Gasteiger partial charge >= 0.3 is 0 Å². The second-order valence-electron chi connectivity index (χ2n) is 6.68. The molecule has 0 saturated carbocycles. The lowest BCUT2D eigenvalue weighted by molar-refractivity contribution is 0.625. The van der Waals surface area contributed by atoms with E-state index < -0.39 is 5.82 Å². The molecule has 1 aliphatic heterocycles. The lowest BCUT2D eigenvalue weighted by Crippen LogP contribution is -2.11. The monoisotopic (exact) mass is 397 g/mol. The predicted octanol–water partition coefficient (Wildman–Crippen LogP) is 4.02. The van der Waals surface area contributed by atoms with Crippen molar-refractivity contribution in [1.29, 1.82) is 5.26 Å². The van der Waals surface area contributed by atoms with E-state index in [9.17, 15) is 9.65 Å². The molecule has 3 aromatic rings. The molecule has 0 radical (unpaired) electrons. The number of fused-ring (bicyclic) bond motifs is 5. The fraction of sp³-hybridized carbons (Fsp3) is 0.263. The predicted molar refractivity (Wildman–Crippen MR) is 101 cm³/mol. The van der Waals surface area contributed by atoms with Crippen LogP contribution in [0, 0.1) is 30.0 Å². The quantitative estimate of drug-likeness (QED) is 0.622. The minimum Gasteiger partial charge on any atom is -0.276 e. The molecule has 2 aliphatic rings. The van der Waals surface area contributed by atoms with Crippen molar-refractivity contribution in [2.75, 3.05) is 0 Å². The molecule has 3 heterocycles. The van der Waals surface area contributed by atoms with Gasteiger partial charge in [-0.2, -0.15) is 5.26 Å². The molecule has 1 aromatic carbocycles. The van der Waals surface area contributed by atoms with Crippen molar-refractivity contribution in [3.8, 4) is 11.1 Å². The van der Waals surface area contributed by atoms with Gasteiger partial charge in [0.05, 0.1) is 28.3 Å². The lowest BCUT2D eigenvalue weighted by atomic mass is 9.97. The fourth-order valence-corrected chi connectivity index (χ4v) is 5.57. The van der Waals surface area contributed by atoms with E-state index in [2.05, 4.69) is 16.3 Å². The van der Waals surface area contributed by atoms with Crippen LogP contribution in [0.15, 0.2) is 23.2 Å². The van der Waals surface area contributed by atoms with Gasteiger partial charge in [0.25, 0.3) is 0 Å². The summed E-state index contributed by atoms with van der Waals surface area (Å²) in [5, 5.41) is 19.1. The number of hydrogen-bond acceptors (Lipinski definition) is 5. The van der Waals surface area contributed by atoms with Crippen LogP contribution in [0.25, 0.3) is 5.00 Å². The highest BCUT2D eigenvalue weighted by Gasteiger charge is 2.35. The first-order valence-corrected chi connectivity index (χ1v) is 9.72. The van der Waals surface area contributed by atoms with Gasteiger partial charge in [0.15, 0.2) is 5.82 Å². The zero-order chi connectivity index (χ0) is 18.7. The molecule has 5 nitrogen and oxygen atoms in total. The number of halogens is 2. The van der Waals surface area contributed by atoms with Gasteiger partial charge in [-0.05, 0) is 37.5 Å². The van der Waals surface area contributed by atoms with E-state index in [0.717, 1.165) is 26.8 Å². The first-order valence-electron chi connectivity index (χ1n) is 8.53. The second kappa shape index (κ2) is 5.98. The average molecular weight is 398 g/mol. The number of nitriles is 1. The fourth-order valence-electron chi connectivity index (χ4n) is 3.84. The summed E-state index contributed by atoms with van der Waals surface area (Å²) in [4.78, 5) is 5.85. The number of aliphatic imine (C=N–C) groups is 1. The number of thiophene rings is 1. The summed E-state index contributed by atoms with van der Waals surface area (Å²) in [6.45, 7) is 2.18. The van der Waals surface area contributed by atoms with Crippen molar-refractivity contribution in [1.82, 2.24) is 14.8 Å². The maximum atomic E-state index is 14.7. The first kappa shape index (κ1) is 16.6. The van der Waals surface area contributed by atoms with Crippen LogP contribution < -0.4 is 0 Å². The van der Waals surface area contributed by atoms with Crippen LogP contribution in [0.1, 0.15) is 33.2 Å². The maximum Gasteiger partial charge on any atom is 0.160 e.